The molecule has 0 fully saturated rings. The molecule has 110 valence electrons. The zero-order chi connectivity index (χ0) is 15.7. The minimum atomic E-state index is -0.729. The molecule has 0 saturated carbocycles. The van der Waals surface area contributed by atoms with E-state index in [2.05, 4.69) is 21.3 Å². The minimum Gasteiger partial charge on any atom is -0.454 e. The lowest BCUT2D eigenvalue weighted by molar-refractivity contribution is -0.147. The van der Waals surface area contributed by atoms with Gasteiger partial charge in [0.25, 0.3) is 11.8 Å². The van der Waals surface area contributed by atoms with Crippen LogP contribution < -0.4 is 10.6 Å². The van der Waals surface area contributed by atoms with Crippen molar-refractivity contribution in [3.8, 4) is 12.3 Å². The van der Waals surface area contributed by atoms with Crippen molar-refractivity contribution in [1.29, 1.82) is 0 Å². The van der Waals surface area contributed by atoms with Gasteiger partial charge in [0, 0.05) is 10.6 Å². The minimum absolute atomic E-state index is 0.0592. The molecule has 0 aliphatic carbocycles. The third kappa shape index (κ3) is 6.45. The van der Waals surface area contributed by atoms with E-state index < -0.39 is 24.4 Å². The topological polar surface area (TPSA) is 84.5 Å². The summed E-state index contributed by atoms with van der Waals surface area (Å²) in [5.41, 5.74) is 0.360. The highest BCUT2D eigenvalue weighted by Crippen LogP contribution is 2.09. The summed E-state index contributed by atoms with van der Waals surface area (Å²) in [7, 11) is 0. The number of amides is 2. The van der Waals surface area contributed by atoms with Crippen LogP contribution in [0.15, 0.2) is 24.3 Å². The Kier molecular flexibility index (Phi) is 6.78. The molecule has 6 nitrogen and oxygen atoms in total. The van der Waals surface area contributed by atoms with Crippen LogP contribution in [0.3, 0.4) is 0 Å². The summed E-state index contributed by atoms with van der Waals surface area (Å²) in [5, 5.41) is 5.20. The molecule has 1 aromatic carbocycles. The number of ether oxygens (including phenoxy) is 1. The van der Waals surface area contributed by atoms with E-state index in [1.165, 1.54) is 12.1 Å². The highest BCUT2D eigenvalue weighted by atomic mass is 35.5. The number of esters is 1. The first-order chi connectivity index (χ1) is 10.0. The lowest BCUT2D eigenvalue weighted by Crippen LogP contribution is -2.34. The zero-order valence-electron chi connectivity index (χ0n) is 11.0. The van der Waals surface area contributed by atoms with E-state index in [9.17, 15) is 14.4 Å². The standard InChI is InChI=1S/C14H13ClN2O4/c1-2-7-16-12(18)9-21-13(19)8-17-14(20)10-3-5-11(15)6-4-10/h1,3-6H,7-9H2,(H,16,18)(H,17,20). The van der Waals surface area contributed by atoms with Gasteiger partial charge in [-0.1, -0.05) is 17.5 Å². The Hall–Kier alpha value is -2.52. The molecule has 1 rings (SSSR count). The van der Waals surface area contributed by atoms with Crippen molar-refractivity contribution in [3.63, 3.8) is 0 Å². The third-order valence-electron chi connectivity index (χ3n) is 2.25. The van der Waals surface area contributed by atoms with Gasteiger partial charge in [0.05, 0.1) is 6.54 Å². The van der Waals surface area contributed by atoms with Crippen LogP contribution in [0.4, 0.5) is 0 Å². The molecule has 2 N–H and O–H groups in total. The predicted octanol–water partition coefficient (Wildman–Crippen LogP) is 0.362. The Balaban J connectivity index is 2.30. The van der Waals surface area contributed by atoms with Gasteiger partial charge in [-0.15, -0.1) is 6.42 Å². The lowest BCUT2D eigenvalue weighted by atomic mass is 10.2. The Morgan fingerprint density at radius 2 is 1.86 bits per heavy atom. The van der Waals surface area contributed by atoms with E-state index in [0.717, 1.165) is 0 Å². The highest BCUT2D eigenvalue weighted by molar-refractivity contribution is 6.30. The van der Waals surface area contributed by atoms with Crippen molar-refractivity contribution in [2.75, 3.05) is 19.7 Å². The van der Waals surface area contributed by atoms with E-state index in [-0.39, 0.29) is 13.1 Å². The maximum Gasteiger partial charge on any atom is 0.325 e. The lowest BCUT2D eigenvalue weighted by Gasteiger charge is -2.06. The molecule has 0 aliphatic rings. The molecule has 1 aromatic rings. The Labute approximate surface area is 126 Å². The number of carbonyl (C=O) groups excluding carboxylic acids is 3. The molecule has 0 aromatic heterocycles. The van der Waals surface area contributed by atoms with Crippen LogP contribution in [0.1, 0.15) is 10.4 Å². The van der Waals surface area contributed by atoms with Crippen LogP contribution in [0, 0.1) is 12.3 Å². The molecule has 0 saturated heterocycles. The molecule has 7 heteroatoms. The molecule has 0 spiro atoms. The van der Waals surface area contributed by atoms with Crippen molar-refractivity contribution in [2.45, 2.75) is 0 Å². The van der Waals surface area contributed by atoms with Crippen molar-refractivity contribution >= 4 is 29.4 Å². The van der Waals surface area contributed by atoms with E-state index >= 15 is 0 Å². The first kappa shape index (κ1) is 16.5. The van der Waals surface area contributed by atoms with Gasteiger partial charge in [-0.3, -0.25) is 14.4 Å². The van der Waals surface area contributed by atoms with Crippen LogP contribution in [-0.4, -0.2) is 37.5 Å². The second kappa shape index (κ2) is 8.61. The van der Waals surface area contributed by atoms with Crippen LogP contribution >= 0.6 is 11.6 Å². The van der Waals surface area contributed by atoms with Gasteiger partial charge in [-0.05, 0) is 24.3 Å². The number of hydrogen-bond acceptors (Lipinski definition) is 4. The normalized spacial score (nSPS) is 9.33. The van der Waals surface area contributed by atoms with Crippen molar-refractivity contribution in [3.05, 3.63) is 34.9 Å². The molecule has 0 unspecified atom stereocenters. The van der Waals surface area contributed by atoms with Gasteiger partial charge in [-0.2, -0.15) is 0 Å². The summed E-state index contributed by atoms with van der Waals surface area (Å²) in [6.45, 7) is -0.731. The van der Waals surface area contributed by atoms with Crippen molar-refractivity contribution in [2.24, 2.45) is 0 Å². The Bertz CT molecular complexity index is 563. The van der Waals surface area contributed by atoms with E-state index in [1.807, 2.05) is 0 Å². The number of carbonyl (C=O) groups is 3. The Morgan fingerprint density at radius 3 is 2.48 bits per heavy atom. The average Bonchev–Trinajstić information content (AvgIpc) is 2.49. The smallest absolute Gasteiger partial charge is 0.325 e. The number of halogens is 1. The first-order valence-corrected chi connectivity index (χ1v) is 6.30. The van der Waals surface area contributed by atoms with Crippen molar-refractivity contribution in [1.82, 2.24) is 10.6 Å². The van der Waals surface area contributed by atoms with Gasteiger partial charge in [-0.25, -0.2) is 0 Å². The second-order valence-electron chi connectivity index (χ2n) is 3.83. The summed E-state index contributed by atoms with van der Waals surface area (Å²) in [4.78, 5) is 34.1. The summed E-state index contributed by atoms with van der Waals surface area (Å²) in [5.74, 6) is 0.528. The SMILES string of the molecule is C#CCNC(=O)COC(=O)CNC(=O)c1ccc(Cl)cc1. The molecule has 0 atom stereocenters. The fourth-order valence-corrected chi connectivity index (χ4v) is 1.38. The summed E-state index contributed by atoms with van der Waals surface area (Å²) >= 11 is 5.69. The Morgan fingerprint density at radius 1 is 1.19 bits per heavy atom. The highest BCUT2D eigenvalue weighted by Gasteiger charge is 2.10. The number of nitrogens with one attached hydrogen (secondary N) is 2. The van der Waals surface area contributed by atoms with E-state index in [4.69, 9.17) is 18.0 Å². The van der Waals surface area contributed by atoms with Crippen molar-refractivity contribution < 1.29 is 19.1 Å². The van der Waals surface area contributed by atoms with Gasteiger partial charge < -0.3 is 15.4 Å². The monoisotopic (exact) mass is 308 g/mol. The average molecular weight is 309 g/mol. The largest absolute Gasteiger partial charge is 0.454 e. The van der Waals surface area contributed by atoms with E-state index in [1.54, 1.807) is 12.1 Å². The zero-order valence-corrected chi connectivity index (χ0v) is 11.8. The molecule has 0 aliphatic heterocycles. The molecular formula is C14H13ClN2O4. The molecule has 0 heterocycles. The maximum absolute atomic E-state index is 11.7. The second-order valence-corrected chi connectivity index (χ2v) is 4.27. The predicted molar refractivity (Wildman–Crippen MR) is 76.6 cm³/mol. The summed E-state index contributed by atoms with van der Waals surface area (Å²) in [6, 6.07) is 6.17. The fourth-order valence-electron chi connectivity index (χ4n) is 1.25. The maximum atomic E-state index is 11.7. The summed E-state index contributed by atoms with van der Waals surface area (Å²) in [6.07, 6.45) is 4.95. The molecule has 0 bridgehead atoms. The van der Waals surface area contributed by atoms with Crippen LogP contribution in [0.5, 0.6) is 0 Å². The van der Waals surface area contributed by atoms with Crippen LogP contribution in [0.2, 0.25) is 5.02 Å². The van der Waals surface area contributed by atoms with Gasteiger partial charge in [0.1, 0.15) is 6.54 Å². The number of terminal acetylenes is 1. The first-order valence-electron chi connectivity index (χ1n) is 5.92. The number of hydrogen-bond donors (Lipinski definition) is 2. The fraction of sp³-hybridized carbons (Fsp3) is 0.214. The quantitative estimate of drug-likeness (QED) is 0.587. The van der Waals surface area contributed by atoms with Crippen LogP contribution in [-0.2, 0) is 14.3 Å². The van der Waals surface area contributed by atoms with Gasteiger partial charge in [0.2, 0.25) is 0 Å². The van der Waals surface area contributed by atoms with Gasteiger partial charge >= 0.3 is 5.97 Å². The molecular weight excluding hydrogens is 296 g/mol. The molecule has 0 radical (unpaired) electrons. The molecule has 2 amide bonds. The summed E-state index contributed by atoms with van der Waals surface area (Å²) < 4.78 is 4.65. The number of benzene rings is 1. The van der Waals surface area contributed by atoms with Crippen LogP contribution in [0.25, 0.3) is 0 Å². The third-order valence-corrected chi connectivity index (χ3v) is 2.50. The van der Waals surface area contributed by atoms with E-state index in [0.29, 0.717) is 10.6 Å². The number of rotatable bonds is 6. The molecule has 21 heavy (non-hydrogen) atoms. The van der Waals surface area contributed by atoms with Gasteiger partial charge in [0.15, 0.2) is 6.61 Å².